The average molecular weight is 256 g/mol. The van der Waals surface area contributed by atoms with Crippen molar-refractivity contribution in [1.29, 1.82) is 0 Å². The van der Waals surface area contributed by atoms with E-state index in [1.54, 1.807) is 24.5 Å². The lowest BCUT2D eigenvalue weighted by Crippen LogP contribution is -2.12. The summed E-state index contributed by atoms with van der Waals surface area (Å²) in [5, 5.41) is 2.59. The van der Waals surface area contributed by atoms with Gasteiger partial charge in [-0.1, -0.05) is 0 Å². The highest BCUT2D eigenvalue weighted by Gasteiger charge is 2.08. The molecule has 19 heavy (non-hydrogen) atoms. The summed E-state index contributed by atoms with van der Waals surface area (Å²) in [6.45, 7) is 0. The third kappa shape index (κ3) is 2.28. The van der Waals surface area contributed by atoms with Crippen LogP contribution < -0.4 is 5.32 Å². The van der Waals surface area contributed by atoms with Gasteiger partial charge in [0.05, 0.1) is 23.6 Å². The Labute approximate surface area is 107 Å². The molecule has 5 nitrogen and oxygen atoms in total. The molecule has 3 aromatic rings. The van der Waals surface area contributed by atoms with Crippen LogP contribution in [0.4, 0.5) is 10.2 Å². The number of benzene rings is 1. The highest BCUT2D eigenvalue weighted by atomic mass is 19.1. The number of nitrogens with one attached hydrogen (secondary N) is 2. The SMILES string of the molecule is O=C(Nc1ccc(F)cn1)c1ccc2nc[nH]c2c1. The van der Waals surface area contributed by atoms with Crippen molar-refractivity contribution in [2.75, 3.05) is 5.32 Å². The first-order valence-corrected chi connectivity index (χ1v) is 5.58. The van der Waals surface area contributed by atoms with Crippen LogP contribution in [-0.2, 0) is 0 Å². The van der Waals surface area contributed by atoms with Crippen LogP contribution in [0.25, 0.3) is 11.0 Å². The lowest BCUT2D eigenvalue weighted by Gasteiger charge is -2.04. The van der Waals surface area contributed by atoms with Gasteiger partial charge in [0.2, 0.25) is 0 Å². The number of aromatic amines is 1. The number of amides is 1. The molecule has 6 heteroatoms. The Hall–Kier alpha value is -2.76. The molecule has 2 N–H and O–H groups in total. The number of hydrogen-bond donors (Lipinski definition) is 2. The largest absolute Gasteiger partial charge is 0.345 e. The van der Waals surface area contributed by atoms with Crippen molar-refractivity contribution in [3.8, 4) is 0 Å². The molecule has 0 saturated carbocycles. The maximum Gasteiger partial charge on any atom is 0.256 e. The van der Waals surface area contributed by atoms with Crippen LogP contribution in [0.2, 0.25) is 0 Å². The number of imidazole rings is 1. The molecule has 0 aliphatic carbocycles. The third-order valence-corrected chi connectivity index (χ3v) is 2.65. The Balaban J connectivity index is 1.84. The molecule has 1 aromatic carbocycles. The smallest absolute Gasteiger partial charge is 0.256 e. The second kappa shape index (κ2) is 4.49. The Kier molecular flexibility index (Phi) is 2.68. The fourth-order valence-corrected chi connectivity index (χ4v) is 1.72. The second-order valence-electron chi connectivity index (χ2n) is 3.95. The standard InChI is InChI=1S/C13H9FN4O/c14-9-2-4-12(15-6-9)18-13(19)8-1-3-10-11(5-8)17-7-16-10/h1-7H,(H,16,17)(H,15,18,19). The van der Waals surface area contributed by atoms with Crippen molar-refractivity contribution in [1.82, 2.24) is 15.0 Å². The molecule has 0 radical (unpaired) electrons. The fraction of sp³-hybridized carbons (Fsp3) is 0. The van der Waals surface area contributed by atoms with Gasteiger partial charge in [-0.3, -0.25) is 4.79 Å². The molecule has 3 rings (SSSR count). The van der Waals surface area contributed by atoms with Crippen molar-refractivity contribution in [2.24, 2.45) is 0 Å². The van der Waals surface area contributed by atoms with E-state index in [1.807, 2.05) is 0 Å². The number of carbonyl (C=O) groups excluding carboxylic acids is 1. The normalized spacial score (nSPS) is 10.6. The summed E-state index contributed by atoms with van der Waals surface area (Å²) in [4.78, 5) is 22.8. The van der Waals surface area contributed by atoms with Crippen molar-refractivity contribution >= 4 is 22.8 Å². The molecular weight excluding hydrogens is 247 g/mol. The van der Waals surface area contributed by atoms with E-state index in [1.165, 1.54) is 12.1 Å². The summed E-state index contributed by atoms with van der Waals surface area (Å²) in [6, 6.07) is 7.75. The average Bonchev–Trinajstić information content (AvgIpc) is 2.88. The van der Waals surface area contributed by atoms with Gasteiger partial charge in [-0.25, -0.2) is 14.4 Å². The monoisotopic (exact) mass is 256 g/mol. The molecular formula is C13H9FN4O. The summed E-state index contributed by atoms with van der Waals surface area (Å²) in [6.07, 6.45) is 2.61. The zero-order chi connectivity index (χ0) is 13.2. The molecule has 2 aromatic heterocycles. The highest BCUT2D eigenvalue weighted by molar-refractivity contribution is 6.05. The van der Waals surface area contributed by atoms with Crippen LogP contribution in [0.15, 0.2) is 42.9 Å². The Morgan fingerprint density at radius 2 is 2.11 bits per heavy atom. The predicted molar refractivity (Wildman–Crippen MR) is 68.2 cm³/mol. The topological polar surface area (TPSA) is 70.7 Å². The maximum atomic E-state index is 12.7. The molecule has 0 aliphatic heterocycles. The zero-order valence-corrected chi connectivity index (χ0v) is 9.72. The van der Waals surface area contributed by atoms with Crippen LogP contribution in [0.5, 0.6) is 0 Å². The molecule has 0 atom stereocenters. The number of nitrogens with zero attached hydrogens (tertiary/aromatic N) is 2. The van der Waals surface area contributed by atoms with Gasteiger partial charge in [0.15, 0.2) is 0 Å². The second-order valence-corrected chi connectivity index (χ2v) is 3.95. The molecule has 94 valence electrons. The molecule has 0 unspecified atom stereocenters. The van der Waals surface area contributed by atoms with Crippen molar-refractivity contribution in [2.45, 2.75) is 0 Å². The first-order valence-electron chi connectivity index (χ1n) is 5.58. The Morgan fingerprint density at radius 3 is 2.89 bits per heavy atom. The van der Waals surface area contributed by atoms with Gasteiger partial charge in [0, 0.05) is 5.56 Å². The Morgan fingerprint density at radius 1 is 1.21 bits per heavy atom. The summed E-state index contributed by atoms with van der Waals surface area (Å²) in [5.74, 6) is -0.455. The van der Waals surface area contributed by atoms with Crippen LogP contribution in [0, 0.1) is 5.82 Å². The molecule has 1 amide bonds. The van der Waals surface area contributed by atoms with Crippen molar-refractivity contribution < 1.29 is 9.18 Å². The number of hydrogen-bond acceptors (Lipinski definition) is 3. The number of anilines is 1. The first-order chi connectivity index (χ1) is 9.22. The van der Waals surface area contributed by atoms with E-state index < -0.39 is 5.82 Å². The van der Waals surface area contributed by atoms with Gasteiger partial charge in [-0.05, 0) is 30.3 Å². The van der Waals surface area contributed by atoms with Crippen LogP contribution >= 0.6 is 0 Å². The van der Waals surface area contributed by atoms with Crippen molar-refractivity contribution in [3.05, 3.63) is 54.2 Å². The maximum absolute atomic E-state index is 12.7. The predicted octanol–water partition coefficient (Wildman–Crippen LogP) is 2.35. The number of aromatic nitrogens is 3. The minimum atomic E-state index is -0.447. The summed E-state index contributed by atoms with van der Waals surface area (Å²) >= 11 is 0. The lowest BCUT2D eigenvalue weighted by molar-refractivity contribution is 0.102. The van der Waals surface area contributed by atoms with Gasteiger partial charge < -0.3 is 10.3 Å². The summed E-state index contributed by atoms with van der Waals surface area (Å²) < 4.78 is 12.7. The quantitative estimate of drug-likeness (QED) is 0.739. The van der Waals surface area contributed by atoms with Gasteiger partial charge in [0.1, 0.15) is 11.6 Å². The van der Waals surface area contributed by atoms with Gasteiger partial charge in [-0.15, -0.1) is 0 Å². The molecule has 0 fully saturated rings. The van der Waals surface area contributed by atoms with E-state index >= 15 is 0 Å². The van der Waals surface area contributed by atoms with Crippen LogP contribution in [-0.4, -0.2) is 20.9 Å². The van der Waals surface area contributed by atoms with Crippen LogP contribution in [0.3, 0.4) is 0 Å². The third-order valence-electron chi connectivity index (χ3n) is 2.65. The minimum absolute atomic E-state index is 0.302. The molecule has 0 aliphatic rings. The van der Waals surface area contributed by atoms with E-state index in [4.69, 9.17) is 0 Å². The zero-order valence-electron chi connectivity index (χ0n) is 9.72. The van der Waals surface area contributed by atoms with E-state index in [0.29, 0.717) is 11.4 Å². The first kappa shape index (κ1) is 11.3. The molecule has 2 heterocycles. The van der Waals surface area contributed by atoms with Gasteiger partial charge >= 0.3 is 0 Å². The number of H-pyrrole nitrogens is 1. The fourth-order valence-electron chi connectivity index (χ4n) is 1.72. The van der Waals surface area contributed by atoms with E-state index in [-0.39, 0.29) is 5.91 Å². The minimum Gasteiger partial charge on any atom is -0.345 e. The lowest BCUT2D eigenvalue weighted by atomic mass is 10.2. The number of halogens is 1. The molecule has 0 spiro atoms. The number of pyridine rings is 1. The summed E-state index contributed by atoms with van der Waals surface area (Å²) in [5.41, 5.74) is 2.04. The van der Waals surface area contributed by atoms with Crippen LogP contribution in [0.1, 0.15) is 10.4 Å². The van der Waals surface area contributed by atoms with Crippen molar-refractivity contribution in [3.63, 3.8) is 0 Å². The number of carbonyl (C=O) groups is 1. The van der Waals surface area contributed by atoms with Gasteiger partial charge in [0.25, 0.3) is 5.91 Å². The van der Waals surface area contributed by atoms with Gasteiger partial charge in [-0.2, -0.15) is 0 Å². The van der Waals surface area contributed by atoms with E-state index in [2.05, 4.69) is 20.3 Å². The Bertz CT molecular complexity index is 736. The number of fused-ring (bicyclic) bond motifs is 1. The highest BCUT2D eigenvalue weighted by Crippen LogP contribution is 2.13. The van der Waals surface area contributed by atoms with E-state index in [0.717, 1.165) is 17.2 Å². The molecule has 0 bridgehead atoms. The number of rotatable bonds is 2. The summed E-state index contributed by atoms with van der Waals surface area (Å²) in [7, 11) is 0. The van der Waals surface area contributed by atoms with E-state index in [9.17, 15) is 9.18 Å². The molecule has 0 saturated heterocycles.